The van der Waals surface area contributed by atoms with Crippen molar-refractivity contribution >= 4 is 12.4 Å². The molecule has 1 fully saturated rings. The van der Waals surface area contributed by atoms with Crippen molar-refractivity contribution in [1.29, 1.82) is 0 Å². The monoisotopic (exact) mass is 512 g/mol. The van der Waals surface area contributed by atoms with Gasteiger partial charge in [-0.3, -0.25) is 14.9 Å². The van der Waals surface area contributed by atoms with E-state index >= 15 is 0 Å². The molecule has 0 aliphatic carbocycles. The molecule has 0 aromatic heterocycles. The molecule has 0 bridgehead atoms. The molecular weight excluding hydrogens is 468 g/mol. The van der Waals surface area contributed by atoms with Gasteiger partial charge in [-0.05, 0) is 19.3 Å². The first kappa shape index (κ1) is 32.0. The van der Waals surface area contributed by atoms with E-state index in [0.717, 1.165) is 12.8 Å². The minimum absolute atomic E-state index is 0.000238. The zero-order valence-electron chi connectivity index (χ0n) is 22.2. The first-order valence-electron chi connectivity index (χ1n) is 12.5. The number of carbonyl (C=O) groups excluding carboxylic acids is 2. The van der Waals surface area contributed by atoms with Gasteiger partial charge in [-0.1, -0.05) is 31.4 Å². The third-order valence-electron chi connectivity index (χ3n) is 6.03. The summed E-state index contributed by atoms with van der Waals surface area (Å²) >= 11 is 0. The maximum atomic E-state index is 12.0. The van der Waals surface area contributed by atoms with Gasteiger partial charge in [0.1, 0.15) is 6.61 Å². The van der Waals surface area contributed by atoms with E-state index in [1.54, 1.807) is 7.11 Å². The fourth-order valence-electron chi connectivity index (χ4n) is 4.30. The average Bonchev–Trinajstić information content (AvgIpc) is 3.25. The molecule has 1 aliphatic heterocycles. The van der Waals surface area contributed by atoms with E-state index in [1.165, 1.54) is 6.92 Å². The molecule has 10 nitrogen and oxygen atoms in total. The first-order chi connectivity index (χ1) is 17.4. The number of ether oxygens (including phenoxy) is 6. The van der Waals surface area contributed by atoms with Crippen LogP contribution in [-0.2, 0) is 38.0 Å². The van der Waals surface area contributed by atoms with Crippen LogP contribution in [-0.4, -0.2) is 96.3 Å². The van der Waals surface area contributed by atoms with Crippen LogP contribution in [0, 0.1) is 18.3 Å². The van der Waals surface area contributed by atoms with Crippen LogP contribution in [0.2, 0.25) is 0 Å². The second kappa shape index (κ2) is 19.2. The third-order valence-corrected chi connectivity index (χ3v) is 6.03. The summed E-state index contributed by atoms with van der Waals surface area (Å²) in [5.41, 5.74) is -0.591. The van der Waals surface area contributed by atoms with Gasteiger partial charge in [0.15, 0.2) is 6.23 Å². The molecule has 1 unspecified atom stereocenters. The molecule has 2 N–H and O–H groups in total. The normalized spacial score (nSPS) is 22.1. The summed E-state index contributed by atoms with van der Waals surface area (Å²) in [4.78, 5) is 23.0. The summed E-state index contributed by atoms with van der Waals surface area (Å²) in [6.45, 7) is 9.51. The number of terminal acetylenes is 1. The lowest BCUT2D eigenvalue weighted by atomic mass is 9.81. The number of hydrogen-bond acceptors (Lipinski definition) is 9. The zero-order valence-corrected chi connectivity index (χ0v) is 22.2. The van der Waals surface area contributed by atoms with E-state index in [4.69, 9.17) is 34.8 Å². The molecule has 0 aromatic rings. The predicted molar refractivity (Wildman–Crippen MR) is 135 cm³/mol. The molecule has 1 heterocycles. The van der Waals surface area contributed by atoms with Crippen molar-refractivity contribution in [3.05, 3.63) is 12.2 Å². The highest BCUT2D eigenvalue weighted by atomic mass is 16.6. The summed E-state index contributed by atoms with van der Waals surface area (Å²) in [5.74, 6) is 2.25. The Bertz CT molecular complexity index is 683. The van der Waals surface area contributed by atoms with Crippen LogP contribution in [0.5, 0.6) is 0 Å². The molecule has 36 heavy (non-hydrogen) atoms. The van der Waals surface area contributed by atoms with Gasteiger partial charge in [-0.2, -0.15) is 0 Å². The van der Waals surface area contributed by atoms with Gasteiger partial charge in [-0.15, -0.1) is 6.42 Å². The molecule has 0 aromatic carbocycles. The quantitative estimate of drug-likeness (QED) is 0.102. The molecule has 1 rings (SSSR count). The fourth-order valence-corrected chi connectivity index (χ4v) is 4.30. The number of methoxy groups -OCH3 is 1. The molecule has 0 radical (unpaired) electrons. The van der Waals surface area contributed by atoms with E-state index in [2.05, 4.69) is 23.5 Å². The molecule has 1 saturated heterocycles. The van der Waals surface area contributed by atoms with E-state index in [9.17, 15) is 9.59 Å². The van der Waals surface area contributed by atoms with Crippen LogP contribution in [0.25, 0.3) is 0 Å². The summed E-state index contributed by atoms with van der Waals surface area (Å²) in [7, 11) is 1.65. The maximum absolute atomic E-state index is 12.0. The van der Waals surface area contributed by atoms with Crippen molar-refractivity contribution in [2.24, 2.45) is 5.92 Å². The number of nitrogens with one attached hydrogen (secondary N) is 2. The first-order valence-corrected chi connectivity index (χ1v) is 12.5. The lowest BCUT2D eigenvalue weighted by molar-refractivity contribution is -0.135. The standard InChI is InChI=1S/C26H44N2O8/c1-6-10-26(4,31-5)25(27-21(3)30)24-22(19-23(28-24)36-20-29)9-8-12-33-14-16-35-18-17-34-15-13-32-11-7-2/h2,8-9,20,22-25,28H,6,10-19H2,1,3-5H3,(H,27,30)/b9-8-/t22-,23+,24-,25?,26+/m1/s1. The Morgan fingerprint density at radius 3 is 2.36 bits per heavy atom. The second-order valence-corrected chi connectivity index (χ2v) is 8.74. The van der Waals surface area contributed by atoms with Gasteiger partial charge in [0, 0.05) is 26.5 Å². The van der Waals surface area contributed by atoms with E-state index < -0.39 is 11.8 Å². The van der Waals surface area contributed by atoms with Crippen molar-refractivity contribution in [3.63, 3.8) is 0 Å². The van der Waals surface area contributed by atoms with E-state index in [-0.39, 0.29) is 30.5 Å². The molecule has 0 saturated carbocycles. The van der Waals surface area contributed by atoms with Crippen molar-refractivity contribution in [3.8, 4) is 12.3 Å². The van der Waals surface area contributed by atoms with Crippen LogP contribution < -0.4 is 10.6 Å². The van der Waals surface area contributed by atoms with E-state index in [0.29, 0.717) is 59.1 Å². The summed E-state index contributed by atoms with van der Waals surface area (Å²) < 4.78 is 32.7. The van der Waals surface area contributed by atoms with Crippen molar-refractivity contribution in [2.75, 3.05) is 60.0 Å². The zero-order chi connectivity index (χ0) is 26.7. The lowest BCUT2D eigenvalue weighted by Gasteiger charge is -2.41. The minimum Gasteiger partial charge on any atom is -0.449 e. The van der Waals surface area contributed by atoms with Gasteiger partial charge in [0.2, 0.25) is 5.91 Å². The Balaban J connectivity index is 2.51. The number of carbonyl (C=O) groups is 2. The summed E-state index contributed by atoms with van der Waals surface area (Å²) in [5, 5.41) is 6.42. The number of hydrogen-bond donors (Lipinski definition) is 2. The topological polar surface area (TPSA) is 114 Å². The molecule has 0 spiro atoms. The molecule has 1 amide bonds. The van der Waals surface area contributed by atoms with Gasteiger partial charge >= 0.3 is 0 Å². The average molecular weight is 513 g/mol. The largest absolute Gasteiger partial charge is 0.449 e. The highest BCUT2D eigenvalue weighted by Gasteiger charge is 2.46. The van der Waals surface area contributed by atoms with Crippen molar-refractivity contribution < 1.29 is 38.0 Å². The van der Waals surface area contributed by atoms with Crippen molar-refractivity contribution in [2.45, 2.75) is 63.9 Å². The Hall–Kier alpha value is -2.00. The highest BCUT2D eigenvalue weighted by molar-refractivity contribution is 5.73. The maximum Gasteiger partial charge on any atom is 0.294 e. The number of rotatable bonds is 21. The molecular formula is C26H44N2O8. The Morgan fingerprint density at radius 1 is 1.17 bits per heavy atom. The SMILES string of the molecule is C#CCOCCOCCOCCOC/C=C\[C@@H]1C[C@H](OC=O)N[C@H]1C(NC(C)=O)[C@](C)(CCC)OC. The van der Waals surface area contributed by atoms with Gasteiger partial charge < -0.3 is 33.7 Å². The number of amides is 1. The molecule has 206 valence electrons. The van der Waals surface area contributed by atoms with Crippen LogP contribution in [0.1, 0.15) is 40.0 Å². The van der Waals surface area contributed by atoms with Gasteiger partial charge in [0.25, 0.3) is 6.47 Å². The smallest absolute Gasteiger partial charge is 0.294 e. The summed E-state index contributed by atoms with van der Waals surface area (Å²) in [6, 6.07) is -0.512. The third kappa shape index (κ3) is 12.3. The Labute approximate surface area is 215 Å². The van der Waals surface area contributed by atoms with Crippen LogP contribution in [0.3, 0.4) is 0 Å². The Kier molecular flexibility index (Phi) is 17.0. The van der Waals surface area contributed by atoms with E-state index in [1.807, 2.05) is 19.1 Å². The van der Waals surface area contributed by atoms with Crippen LogP contribution >= 0.6 is 0 Å². The van der Waals surface area contributed by atoms with Crippen LogP contribution in [0.4, 0.5) is 0 Å². The molecule has 10 heteroatoms. The second-order valence-electron chi connectivity index (χ2n) is 8.74. The summed E-state index contributed by atoms with van der Waals surface area (Å²) in [6.07, 6.45) is 10.9. The predicted octanol–water partition coefficient (Wildman–Crippen LogP) is 1.43. The lowest BCUT2D eigenvalue weighted by Crippen LogP contribution is -2.62. The van der Waals surface area contributed by atoms with Gasteiger partial charge in [-0.25, -0.2) is 0 Å². The van der Waals surface area contributed by atoms with Crippen molar-refractivity contribution in [1.82, 2.24) is 10.6 Å². The van der Waals surface area contributed by atoms with Gasteiger partial charge in [0.05, 0.1) is 57.9 Å². The van der Waals surface area contributed by atoms with Crippen LogP contribution in [0.15, 0.2) is 12.2 Å². The fraction of sp³-hybridized carbons (Fsp3) is 0.769. The Morgan fingerprint density at radius 2 is 1.81 bits per heavy atom. The molecule has 5 atom stereocenters. The molecule has 1 aliphatic rings. The highest BCUT2D eigenvalue weighted by Crippen LogP contribution is 2.32. The minimum atomic E-state index is -0.591.